The second-order valence-electron chi connectivity index (χ2n) is 6.60. The van der Waals surface area contributed by atoms with Crippen LogP contribution in [-0.2, 0) is 6.54 Å². The van der Waals surface area contributed by atoms with E-state index in [1.165, 1.54) is 5.56 Å². The van der Waals surface area contributed by atoms with E-state index in [2.05, 4.69) is 69.9 Å². The van der Waals surface area contributed by atoms with E-state index < -0.39 is 0 Å². The summed E-state index contributed by atoms with van der Waals surface area (Å²) in [4.78, 5) is 4.87. The third-order valence-corrected chi connectivity index (χ3v) is 5.05. The average molecular weight is 421 g/mol. The Labute approximate surface area is 167 Å². The summed E-state index contributed by atoms with van der Waals surface area (Å²) in [7, 11) is 0. The van der Waals surface area contributed by atoms with Crippen LogP contribution >= 0.6 is 15.9 Å². The topological polar surface area (TPSA) is 27.1 Å². The molecule has 0 aliphatic heterocycles. The van der Waals surface area contributed by atoms with Gasteiger partial charge in [-0.3, -0.25) is 0 Å². The Hall–Kier alpha value is -2.59. The number of hydrogen-bond acceptors (Lipinski definition) is 2. The van der Waals surface area contributed by atoms with E-state index in [1.54, 1.807) is 0 Å². The molecule has 0 radical (unpaired) electrons. The van der Waals surface area contributed by atoms with Crippen LogP contribution in [0.3, 0.4) is 0 Å². The number of benzene rings is 3. The van der Waals surface area contributed by atoms with Crippen LogP contribution in [-0.4, -0.2) is 16.2 Å². The fourth-order valence-electron chi connectivity index (χ4n) is 3.20. The van der Waals surface area contributed by atoms with Gasteiger partial charge in [-0.15, -0.1) is 0 Å². The molecule has 0 fully saturated rings. The fraction of sp³-hybridized carbons (Fsp3) is 0.174. The summed E-state index contributed by atoms with van der Waals surface area (Å²) < 4.78 is 9.24. The standard InChI is InChI=1S/C23H21BrN2O/c1-17-10-12-20(13-11-17)27-15-5-14-26-22-9-3-2-8-21(22)25-23(26)18-6-4-7-19(24)16-18/h2-4,6-13,16H,5,14-15H2,1H3. The minimum Gasteiger partial charge on any atom is -0.494 e. The second kappa shape index (κ2) is 7.97. The van der Waals surface area contributed by atoms with E-state index in [0.717, 1.165) is 45.6 Å². The number of rotatable bonds is 6. The molecule has 0 spiro atoms. The lowest BCUT2D eigenvalue weighted by atomic mass is 10.2. The Bertz CT molecular complexity index is 1050. The van der Waals surface area contributed by atoms with Gasteiger partial charge in [0.05, 0.1) is 17.6 Å². The molecule has 0 bridgehead atoms. The highest BCUT2D eigenvalue weighted by Gasteiger charge is 2.12. The summed E-state index contributed by atoms with van der Waals surface area (Å²) in [6, 6.07) is 24.8. The van der Waals surface area contributed by atoms with Gasteiger partial charge in [-0.05, 0) is 49.7 Å². The zero-order chi connectivity index (χ0) is 18.6. The maximum atomic E-state index is 5.89. The van der Waals surface area contributed by atoms with Gasteiger partial charge >= 0.3 is 0 Å². The smallest absolute Gasteiger partial charge is 0.141 e. The molecule has 0 saturated carbocycles. The normalized spacial score (nSPS) is 11.0. The third kappa shape index (κ3) is 4.06. The van der Waals surface area contributed by atoms with Crippen molar-refractivity contribution in [3.63, 3.8) is 0 Å². The van der Waals surface area contributed by atoms with E-state index in [1.807, 2.05) is 30.3 Å². The monoisotopic (exact) mass is 420 g/mol. The van der Waals surface area contributed by atoms with Crippen LogP contribution in [0.25, 0.3) is 22.4 Å². The number of aromatic nitrogens is 2. The molecule has 0 unspecified atom stereocenters. The summed E-state index contributed by atoms with van der Waals surface area (Å²) in [5.74, 6) is 1.91. The van der Waals surface area contributed by atoms with E-state index in [-0.39, 0.29) is 0 Å². The van der Waals surface area contributed by atoms with Crippen LogP contribution in [0.4, 0.5) is 0 Å². The first-order chi connectivity index (χ1) is 13.2. The number of halogens is 1. The molecule has 0 aliphatic rings. The lowest BCUT2D eigenvalue weighted by Gasteiger charge is -2.11. The van der Waals surface area contributed by atoms with Gasteiger partial charge in [-0.25, -0.2) is 4.98 Å². The Balaban J connectivity index is 1.55. The fourth-order valence-corrected chi connectivity index (χ4v) is 3.60. The van der Waals surface area contributed by atoms with Crippen molar-refractivity contribution in [1.29, 1.82) is 0 Å². The molecule has 0 saturated heterocycles. The predicted octanol–water partition coefficient (Wildman–Crippen LogP) is 6.24. The van der Waals surface area contributed by atoms with Gasteiger partial charge in [0.2, 0.25) is 0 Å². The Morgan fingerprint density at radius 1 is 0.963 bits per heavy atom. The van der Waals surface area contributed by atoms with E-state index >= 15 is 0 Å². The SMILES string of the molecule is Cc1ccc(OCCCn2c(-c3cccc(Br)c3)nc3ccccc32)cc1. The molecular weight excluding hydrogens is 400 g/mol. The lowest BCUT2D eigenvalue weighted by molar-refractivity contribution is 0.303. The van der Waals surface area contributed by atoms with Gasteiger partial charge < -0.3 is 9.30 Å². The van der Waals surface area contributed by atoms with Crippen molar-refractivity contribution in [3.8, 4) is 17.1 Å². The minimum absolute atomic E-state index is 0.674. The van der Waals surface area contributed by atoms with Crippen LogP contribution in [0.1, 0.15) is 12.0 Å². The van der Waals surface area contributed by atoms with Crippen LogP contribution in [0.2, 0.25) is 0 Å². The zero-order valence-corrected chi connectivity index (χ0v) is 16.8. The summed E-state index contributed by atoms with van der Waals surface area (Å²) in [5, 5.41) is 0. The van der Waals surface area contributed by atoms with Crippen molar-refractivity contribution in [2.24, 2.45) is 0 Å². The quantitative estimate of drug-likeness (QED) is 0.345. The molecule has 4 aromatic rings. The van der Waals surface area contributed by atoms with Gasteiger partial charge in [-0.1, -0.05) is 57.9 Å². The Morgan fingerprint density at radius 2 is 1.78 bits per heavy atom. The second-order valence-corrected chi connectivity index (χ2v) is 7.52. The Morgan fingerprint density at radius 3 is 2.59 bits per heavy atom. The van der Waals surface area contributed by atoms with Crippen molar-refractivity contribution < 1.29 is 4.74 Å². The summed E-state index contributed by atoms with van der Waals surface area (Å²) in [6.07, 6.45) is 0.912. The first kappa shape index (κ1) is 17.8. The molecule has 0 amide bonds. The molecule has 3 aromatic carbocycles. The molecule has 27 heavy (non-hydrogen) atoms. The minimum atomic E-state index is 0.674. The van der Waals surface area contributed by atoms with E-state index in [9.17, 15) is 0 Å². The highest BCUT2D eigenvalue weighted by molar-refractivity contribution is 9.10. The molecule has 0 N–H and O–H groups in total. The zero-order valence-electron chi connectivity index (χ0n) is 15.2. The van der Waals surface area contributed by atoms with Crippen LogP contribution in [0, 0.1) is 6.92 Å². The van der Waals surface area contributed by atoms with Gasteiger partial charge in [-0.2, -0.15) is 0 Å². The van der Waals surface area contributed by atoms with Crippen molar-refractivity contribution in [3.05, 3.63) is 82.8 Å². The molecule has 1 heterocycles. The van der Waals surface area contributed by atoms with Crippen LogP contribution in [0.15, 0.2) is 77.3 Å². The molecular formula is C23H21BrN2O. The van der Waals surface area contributed by atoms with Crippen molar-refractivity contribution >= 4 is 27.0 Å². The maximum absolute atomic E-state index is 5.89. The molecule has 0 atom stereocenters. The molecule has 4 heteroatoms. The van der Waals surface area contributed by atoms with Gasteiger partial charge in [0.15, 0.2) is 0 Å². The van der Waals surface area contributed by atoms with Crippen molar-refractivity contribution in [2.75, 3.05) is 6.61 Å². The van der Waals surface area contributed by atoms with Crippen LogP contribution < -0.4 is 4.74 Å². The van der Waals surface area contributed by atoms with E-state index in [4.69, 9.17) is 9.72 Å². The number of imidazole rings is 1. The summed E-state index contributed by atoms with van der Waals surface area (Å²) in [5.41, 5.74) is 4.53. The van der Waals surface area contributed by atoms with Gasteiger partial charge in [0.25, 0.3) is 0 Å². The summed E-state index contributed by atoms with van der Waals surface area (Å²) >= 11 is 3.57. The molecule has 4 rings (SSSR count). The van der Waals surface area contributed by atoms with Gasteiger partial charge in [0, 0.05) is 16.6 Å². The van der Waals surface area contributed by atoms with Crippen LogP contribution in [0.5, 0.6) is 5.75 Å². The average Bonchev–Trinajstić information content (AvgIpc) is 3.05. The Kier molecular flexibility index (Phi) is 5.26. The van der Waals surface area contributed by atoms with Crippen molar-refractivity contribution in [1.82, 2.24) is 9.55 Å². The third-order valence-electron chi connectivity index (χ3n) is 4.55. The first-order valence-corrected chi connectivity index (χ1v) is 9.91. The van der Waals surface area contributed by atoms with Gasteiger partial charge in [0.1, 0.15) is 11.6 Å². The lowest BCUT2D eigenvalue weighted by Crippen LogP contribution is -2.06. The van der Waals surface area contributed by atoms with Crippen molar-refractivity contribution in [2.45, 2.75) is 19.9 Å². The number of hydrogen-bond donors (Lipinski definition) is 0. The maximum Gasteiger partial charge on any atom is 0.141 e. The molecule has 0 aliphatic carbocycles. The number of nitrogens with zero attached hydrogens (tertiary/aromatic N) is 2. The number of ether oxygens (including phenoxy) is 1. The number of para-hydroxylation sites is 2. The number of aryl methyl sites for hydroxylation is 2. The molecule has 1 aromatic heterocycles. The van der Waals surface area contributed by atoms with E-state index in [0.29, 0.717) is 6.61 Å². The summed E-state index contributed by atoms with van der Waals surface area (Å²) in [6.45, 7) is 3.61. The predicted molar refractivity (Wildman–Crippen MR) is 114 cm³/mol. The first-order valence-electron chi connectivity index (χ1n) is 9.11. The molecule has 3 nitrogen and oxygen atoms in total. The number of fused-ring (bicyclic) bond motifs is 1. The highest BCUT2D eigenvalue weighted by atomic mass is 79.9. The highest BCUT2D eigenvalue weighted by Crippen LogP contribution is 2.27. The molecule has 136 valence electrons. The largest absolute Gasteiger partial charge is 0.494 e.